The van der Waals surface area contributed by atoms with Crippen LogP contribution in [0.1, 0.15) is 29.5 Å². The molecule has 1 unspecified atom stereocenters. The normalized spacial score (nSPS) is 16.3. The van der Waals surface area contributed by atoms with Crippen LogP contribution in [0, 0.1) is 6.92 Å². The van der Waals surface area contributed by atoms with Crippen LogP contribution in [-0.4, -0.2) is 22.1 Å². The molecule has 3 rings (SSSR count). The number of aliphatic hydroxyl groups is 1. The van der Waals surface area contributed by atoms with E-state index < -0.39 is 12.4 Å². The van der Waals surface area contributed by atoms with Gasteiger partial charge in [-0.05, 0) is 54.7 Å². The van der Waals surface area contributed by atoms with E-state index in [-0.39, 0.29) is 11.5 Å². The van der Waals surface area contributed by atoms with Gasteiger partial charge < -0.3 is 20.1 Å². The number of aryl methyl sites for hydroxylation is 1. The summed E-state index contributed by atoms with van der Waals surface area (Å²) in [6, 6.07) is 12.0. The zero-order chi connectivity index (χ0) is 17.9. The zero-order valence-electron chi connectivity index (χ0n) is 14.1. The highest BCUT2D eigenvalue weighted by Gasteiger charge is 2.42. The first-order chi connectivity index (χ1) is 12.1. The Bertz CT molecular complexity index is 822. The average molecular weight is 338 g/mol. The number of rotatable bonds is 5. The van der Waals surface area contributed by atoms with Crippen molar-refractivity contribution < 1.29 is 20.1 Å². The maximum absolute atomic E-state index is 10.6. The SMILES string of the molecule is Cc1cc(O)ccc1C(OCO)(C1=CC=CCC1)c1ccccc1O. The van der Waals surface area contributed by atoms with Crippen molar-refractivity contribution in [2.24, 2.45) is 0 Å². The van der Waals surface area contributed by atoms with Crippen LogP contribution in [0.15, 0.2) is 66.3 Å². The number of phenols is 2. The molecule has 0 aromatic heterocycles. The Morgan fingerprint density at radius 3 is 2.52 bits per heavy atom. The lowest BCUT2D eigenvalue weighted by molar-refractivity contribution is -0.0827. The third-order valence-corrected chi connectivity index (χ3v) is 4.62. The van der Waals surface area contributed by atoms with E-state index >= 15 is 0 Å². The van der Waals surface area contributed by atoms with Gasteiger partial charge in [-0.2, -0.15) is 0 Å². The van der Waals surface area contributed by atoms with Gasteiger partial charge in [0.15, 0.2) is 0 Å². The van der Waals surface area contributed by atoms with E-state index in [1.807, 2.05) is 25.1 Å². The van der Waals surface area contributed by atoms with Gasteiger partial charge in [0, 0.05) is 5.56 Å². The molecule has 2 aromatic carbocycles. The van der Waals surface area contributed by atoms with Gasteiger partial charge in [-0.3, -0.25) is 0 Å². The molecule has 0 bridgehead atoms. The number of ether oxygens (including phenoxy) is 1. The Morgan fingerprint density at radius 1 is 1.08 bits per heavy atom. The summed E-state index contributed by atoms with van der Waals surface area (Å²) in [5.74, 6) is 0.257. The molecule has 0 fully saturated rings. The van der Waals surface area contributed by atoms with Crippen molar-refractivity contribution in [2.75, 3.05) is 6.79 Å². The van der Waals surface area contributed by atoms with Crippen LogP contribution in [0.5, 0.6) is 11.5 Å². The Hall–Kier alpha value is -2.56. The molecule has 4 heteroatoms. The fraction of sp³-hybridized carbons (Fsp3) is 0.238. The predicted octanol–water partition coefficient (Wildman–Crippen LogP) is 3.89. The van der Waals surface area contributed by atoms with Gasteiger partial charge in [0.1, 0.15) is 23.9 Å². The van der Waals surface area contributed by atoms with E-state index in [4.69, 9.17) is 4.74 Å². The second-order valence-corrected chi connectivity index (χ2v) is 6.13. The predicted molar refractivity (Wildman–Crippen MR) is 96.4 cm³/mol. The first-order valence-corrected chi connectivity index (χ1v) is 8.29. The van der Waals surface area contributed by atoms with E-state index in [0.717, 1.165) is 29.5 Å². The van der Waals surface area contributed by atoms with E-state index in [9.17, 15) is 15.3 Å². The van der Waals surface area contributed by atoms with E-state index in [2.05, 4.69) is 6.08 Å². The second-order valence-electron chi connectivity index (χ2n) is 6.13. The van der Waals surface area contributed by atoms with Crippen LogP contribution < -0.4 is 0 Å². The summed E-state index contributed by atoms with van der Waals surface area (Å²) in [6.07, 6.45) is 7.60. The van der Waals surface area contributed by atoms with Crippen LogP contribution in [0.25, 0.3) is 0 Å². The molecule has 0 aliphatic heterocycles. The minimum atomic E-state index is -1.12. The van der Waals surface area contributed by atoms with Gasteiger partial charge in [0.05, 0.1) is 0 Å². The van der Waals surface area contributed by atoms with Crippen LogP contribution in [-0.2, 0) is 10.3 Å². The number of phenolic OH excluding ortho intramolecular Hbond substituents is 2. The van der Waals surface area contributed by atoms with Crippen LogP contribution in [0.3, 0.4) is 0 Å². The molecule has 2 aromatic rings. The average Bonchev–Trinajstić information content (AvgIpc) is 2.62. The van der Waals surface area contributed by atoms with Gasteiger partial charge in [0.25, 0.3) is 0 Å². The molecule has 0 spiro atoms. The number of hydrogen-bond donors (Lipinski definition) is 3. The molecule has 0 amide bonds. The zero-order valence-corrected chi connectivity index (χ0v) is 14.1. The number of benzene rings is 2. The summed E-state index contributed by atoms with van der Waals surface area (Å²) in [5.41, 5.74) is 1.98. The fourth-order valence-electron chi connectivity index (χ4n) is 3.55. The molecule has 130 valence electrons. The standard InChI is InChI=1S/C21H22O4/c1-15-13-17(23)11-12-18(15)21(25-14-22,16-7-3-2-4-8-16)19-9-5-6-10-20(19)24/h2-3,5-7,9-13,22-24H,4,8,14H2,1H3. The summed E-state index contributed by atoms with van der Waals surface area (Å²) in [7, 11) is 0. The third kappa shape index (κ3) is 3.06. The molecule has 25 heavy (non-hydrogen) atoms. The summed E-state index contributed by atoms with van der Waals surface area (Å²) in [6.45, 7) is 1.37. The van der Waals surface area contributed by atoms with Crippen molar-refractivity contribution in [3.05, 3.63) is 83.0 Å². The van der Waals surface area contributed by atoms with Crippen molar-refractivity contribution in [3.8, 4) is 11.5 Å². The molecular weight excluding hydrogens is 316 g/mol. The van der Waals surface area contributed by atoms with Crippen molar-refractivity contribution in [1.29, 1.82) is 0 Å². The summed E-state index contributed by atoms with van der Waals surface area (Å²) < 4.78 is 5.95. The van der Waals surface area contributed by atoms with Gasteiger partial charge in [-0.15, -0.1) is 0 Å². The minimum Gasteiger partial charge on any atom is -0.508 e. The smallest absolute Gasteiger partial charge is 0.146 e. The maximum Gasteiger partial charge on any atom is 0.146 e. The number of allylic oxidation sites excluding steroid dienone is 3. The number of aliphatic hydroxyl groups excluding tert-OH is 1. The first-order valence-electron chi connectivity index (χ1n) is 8.29. The molecule has 0 saturated heterocycles. The molecule has 3 N–H and O–H groups in total. The number of para-hydroxylation sites is 1. The topological polar surface area (TPSA) is 69.9 Å². The van der Waals surface area contributed by atoms with Gasteiger partial charge in [0.2, 0.25) is 0 Å². The quantitative estimate of drug-likeness (QED) is 0.723. The summed E-state index contributed by atoms with van der Waals surface area (Å²) >= 11 is 0. The van der Waals surface area contributed by atoms with Crippen LogP contribution >= 0.6 is 0 Å². The Kier molecular flexibility index (Phi) is 4.93. The summed E-state index contributed by atoms with van der Waals surface area (Å²) in [4.78, 5) is 0. The third-order valence-electron chi connectivity index (χ3n) is 4.62. The Morgan fingerprint density at radius 2 is 1.88 bits per heavy atom. The van der Waals surface area contributed by atoms with Crippen molar-refractivity contribution in [3.63, 3.8) is 0 Å². The first kappa shape index (κ1) is 17.3. The van der Waals surface area contributed by atoms with E-state index in [1.54, 1.807) is 36.4 Å². The largest absolute Gasteiger partial charge is 0.508 e. The lowest BCUT2D eigenvalue weighted by atomic mass is 9.75. The molecule has 1 atom stereocenters. The van der Waals surface area contributed by atoms with Crippen molar-refractivity contribution >= 4 is 0 Å². The molecule has 0 radical (unpaired) electrons. The molecule has 1 aliphatic rings. The highest BCUT2D eigenvalue weighted by atomic mass is 16.6. The highest BCUT2D eigenvalue weighted by molar-refractivity contribution is 5.55. The van der Waals surface area contributed by atoms with Crippen molar-refractivity contribution in [2.45, 2.75) is 25.4 Å². The van der Waals surface area contributed by atoms with Crippen molar-refractivity contribution in [1.82, 2.24) is 0 Å². The van der Waals surface area contributed by atoms with Crippen LogP contribution in [0.2, 0.25) is 0 Å². The molecule has 0 heterocycles. The summed E-state index contributed by atoms with van der Waals surface area (Å²) in [5, 5.41) is 30.1. The van der Waals surface area contributed by atoms with Gasteiger partial charge >= 0.3 is 0 Å². The molecule has 4 nitrogen and oxygen atoms in total. The van der Waals surface area contributed by atoms with Gasteiger partial charge in [-0.25, -0.2) is 0 Å². The van der Waals surface area contributed by atoms with E-state index in [1.165, 1.54) is 0 Å². The van der Waals surface area contributed by atoms with Crippen LogP contribution in [0.4, 0.5) is 0 Å². The maximum atomic E-state index is 10.6. The molecule has 1 aliphatic carbocycles. The highest BCUT2D eigenvalue weighted by Crippen LogP contribution is 2.47. The van der Waals surface area contributed by atoms with Gasteiger partial charge in [-0.1, -0.05) is 42.5 Å². The monoisotopic (exact) mass is 338 g/mol. The molecular formula is C21H22O4. The minimum absolute atomic E-state index is 0.0962. The lowest BCUT2D eigenvalue weighted by Crippen LogP contribution is -2.35. The number of hydrogen-bond acceptors (Lipinski definition) is 4. The Balaban J connectivity index is 2.34. The van der Waals surface area contributed by atoms with E-state index in [0.29, 0.717) is 5.56 Å². The second kappa shape index (κ2) is 7.13. The number of aromatic hydroxyl groups is 2. The Labute approximate surface area is 147 Å². The molecule has 0 saturated carbocycles. The fourth-order valence-corrected chi connectivity index (χ4v) is 3.55. The lowest BCUT2D eigenvalue weighted by Gasteiger charge is -2.38.